The van der Waals surface area contributed by atoms with Gasteiger partial charge in [-0.15, -0.1) is 0 Å². The van der Waals surface area contributed by atoms with Crippen molar-refractivity contribution in [1.82, 2.24) is 15.2 Å². The first kappa shape index (κ1) is 21.2. The van der Waals surface area contributed by atoms with Crippen LogP contribution in [0, 0.1) is 0 Å². The lowest BCUT2D eigenvalue weighted by atomic mass is 9.95. The highest BCUT2D eigenvalue weighted by Crippen LogP contribution is 2.34. The maximum absolute atomic E-state index is 13.1. The summed E-state index contributed by atoms with van der Waals surface area (Å²) in [5, 5.41) is 3.95. The molecular formula is C21H24BrN3O2S2. The number of benzene rings is 1. The number of rotatable bonds is 6. The lowest BCUT2D eigenvalue weighted by Gasteiger charge is -2.43. The van der Waals surface area contributed by atoms with E-state index in [0.29, 0.717) is 12.1 Å². The van der Waals surface area contributed by atoms with Crippen molar-refractivity contribution in [2.45, 2.75) is 21.9 Å². The molecule has 1 atom stereocenters. The molecule has 0 radical (unpaired) electrons. The summed E-state index contributed by atoms with van der Waals surface area (Å²) >= 11 is 6.94. The summed E-state index contributed by atoms with van der Waals surface area (Å²) in [6.45, 7) is 4.09. The lowest BCUT2D eigenvalue weighted by molar-refractivity contribution is -0.0129. The Hall–Kier alpha value is -1.06. The number of nitrogens with one attached hydrogen (secondary N) is 1. The highest BCUT2D eigenvalue weighted by Gasteiger charge is 2.41. The third kappa shape index (κ3) is 5.17. The number of carbonyl (C=O) groups excluding carboxylic acids is 1. The SMILES string of the molecule is O=C(NCC1(N2CCOCC2)CCSC1)c1cccnc1Sc1ccc(Br)cc1. The second-order valence-electron chi connectivity index (χ2n) is 7.22. The number of hydrogen-bond donors (Lipinski definition) is 1. The molecule has 1 unspecified atom stereocenters. The molecule has 29 heavy (non-hydrogen) atoms. The van der Waals surface area contributed by atoms with Crippen molar-refractivity contribution >= 4 is 45.4 Å². The number of nitrogens with zero attached hydrogens (tertiary/aromatic N) is 2. The van der Waals surface area contributed by atoms with Crippen molar-refractivity contribution in [3.63, 3.8) is 0 Å². The number of morpholine rings is 1. The van der Waals surface area contributed by atoms with E-state index in [1.54, 1.807) is 6.20 Å². The molecule has 5 nitrogen and oxygen atoms in total. The van der Waals surface area contributed by atoms with Crippen molar-refractivity contribution in [3.05, 3.63) is 52.6 Å². The van der Waals surface area contributed by atoms with Gasteiger partial charge in [0.25, 0.3) is 5.91 Å². The Bertz CT molecular complexity index is 838. The second-order valence-corrected chi connectivity index (χ2v) is 10.3. The number of aromatic nitrogens is 1. The largest absolute Gasteiger partial charge is 0.379 e. The van der Waals surface area contributed by atoms with Gasteiger partial charge in [-0.2, -0.15) is 11.8 Å². The highest BCUT2D eigenvalue weighted by molar-refractivity contribution is 9.10. The van der Waals surface area contributed by atoms with Gasteiger partial charge in [0.2, 0.25) is 0 Å². The third-order valence-corrected chi connectivity index (χ3v) is 8.18. The standard InChI is InChI=1S/C21H24BrN3O2S2/c22-16-3-5-17(6-4-16)29-20-18(2-1-8-23-20)19(26)24-14-21(7-13-28-15-21)25-9-11-27-12-10-25/h1-6,8H,7,9-15H2,(H,24,26). The monoisotopic (exact) mass is 493 g/mol. The Kier molecular flexibility index (Phi) is 7.18. The number of halogens is 1. The molecule has 8 heteroatoms. The number of amides is 1. The van der Waals surface area contributed by atoms with E-state index in [1.165, 1.54) is 11.8 Å². The van der Waals surface area contributed by atoms with Crippen LogP contribution in [0.15, 0.2) is 57.0 Å². The van der Waals surface area contributed by atoms with Gasteiger partial charge in [-0.05, 0) is 48.6 Å². The molecule has 1 aromatic heterocycles. The second kappa shape index (κ2) is 9.83. The lowest BCUT2D eigenvalue weighted by Crippen LogP contribution is -2.59. The Morgan fingerprint density at radius 3 is 2.79 bits per heavy atom. The van der Waals surface area contributed by atoms with Crippen LogP contribution in [-0.4, -0.2) is 65.7 Å². The zero-order chi connectivity index (χ0) is 20.1. The average Bonchev–Trinajstić information content (AvgIpc) is 3.25. The predicted octanol–water partition coefficient (Wildman–Crippen LogP) is 3.93. The van der Waals surface area contributed by atoms with E-state index in [-0.39, 0.29) is 11.4 Å². The van der Waals surface area contributed by atoms with Crippen LogP contribution in [0.5, 0.6) is 0 Å². The molecule has 154 valence electrons. The minimum absolute atomic E-state index is 0.0331. The van der Waals surface area contributed by atoms with E-state index in [4.69, 9.17) is 4.74 Å². The quantitative estimate of drug-likeness (QED) is 0.657. The van der Waals surface area contributed by atoms with Crippen molar-refractivity contribution in [1.29, 1.82) is 0 Å². The fourth-order valence-corrected chi connectivity index (χ4v) is 6.36. The third-order valence-electron chi connectivity index (χ3n) is 5.39. The molecule has 2 aromatic rings. The highest BCUT2D eigenvalue weighted by atomic mass is 79.9. The van der Waals surface area contributed by atoms with Gasteiger partial charge in [-0.1, -0.05) is 27.7 Å². The van der Waals surface area contributed by atoms with E-state index in [1.807, 2.05) is 48.2 Å². The first-order valence-electron chi connectivity index (χ1n) is 9.73. The fraction of sp³-hybridized carbons (Fsp3) is 0.429. The minimum Gasteiger partial charge on any atom is -0.379 e. The molecule has 4 rings (SSSR count). The van der Waals surface area contributed by atoms with Crippen molar-refractivity contribution in [3.8, 4) is 0 Å². The molecule has 1 N–H and O–H groups in total. The molecule has 2 saturated heterocycles. The molecule has 1 aromatic carbocycles. The van der Waals surface area contributed by atoms with Gasteiger partial charge >= 0.3 is 0 Å². The molecule has 2 fully saturated rings. The Balaban J connectivity index is 1.46. The van der Waals surface area contributed by atoms with Gasteiger partial charge < -0.3 is 10.1 Å². The van der Waals surface area contributed by atoms with Gasteiger partial charge in [0.15, 0.2) is 0 Å². The normalized spacial score (nSPS) is 22.5. The van der Waals surface area contributed by atoms with Crippen LogP contribution >= 0.6 is 39.5 Å². The summed E-state index contributed by atoms with van der Waals surface area (Å²) in [6.07, 6.45) is 2.84. The van der Waals surface area contributed by atoms with E-state index in [2.05, 4.69) is 31.1 Å². The number of ether oxygens (including phenoxy) is 1. The van der Waals surface area contributed by atoms with Gasteiger partial charge in [-0.3, -0.25) is 9.69 Å². The summed E-state index contributed by atoms with van der Waals surface area (Å²) < 4.78 is 6.56. The first-order chi connectivity index (χ1) is 14.2. The summed E-state index contributed by atoms with van der Waals surface area (Å²) in [6, 6.07) is 11.7. The summed E-state index contributed by atoms with van der Waals surface area (Å²) in [7, 11) is 0. The van der Waals surface area contributed by atoms with Crippen LogP contribution < -0.4 is 5.32 Å². The predicted molar refractivity (Wildman–Crippen MR) is 122 cm³/mol. The molecule has 2 aliphatic rings. The topological polar surface area (TPSA) is 54.5 Å². The van der Waals surface area contributed by atoms with Crippen LogP contribution in [-0.2, 0) is 4.74 Å². The Morgan fingerprint density at radius 1 is 1.28 bits per heavy atom. The Morgan fingerprint density at radius 2 is 2.07 bits per heavy atom. The van der Waals surface area contributed by atoms with Crippen LogP contribution in [0.4, 0.5) is 0 Å². The zero-order valence-corrected chi connectivity index (χ0v) is 19.3. The summed E-state index contributed by atoms with van der Waals surface area (Å²) in [4.78, 5) is 21.1. The van der Waals surface area contributed by atoms with Crippen molar-refractivity contribution in [2.24, 2.45) is 0 Å². The van der Waals surface area contributed by atoms with Gasteiger partial charge in [-0.25, -0.2) is 4.98 Å². The average molecular weight is 494 g/mol. The number of hydrogen-bond acceptors (Lipinski definition) is 6. The van der Waals surface area contributed by atoms with Crippen LogP contribution in [0.2, 0.25) is 0 Å². The Labute approximate surface area is 188 Å². The smallest absolute Gasteiger partial charge is 0.254 e. The van der Waals surface area contributed by atoms with Gasteiger partial charge in [0.1, 0.15) is 5.03 Å². The molecule has 1 amide bonds. The maximum atomic E-state index is 13.1. The minimum atomic E-state index is -0.0535. The van der Waals surface area contributed by atoms with Gasteiger partial charge in [0.05, 0.1) is 18.8 Å². The number of thioether (sulfide) groups is 1. The molecule has 0 bridgehead atoms. The van der Waals surface area contributed by atoms with Crippen molar-refractivity contribution in [2.75, 3.05) is 44.4 Å². The van der Waals surface area contributed by atoms with E-state index >= 15 is 0 Å². The van der Waals surface area contributed by atoms with E-state index in [0.717, 1.165) is 58.6 Å². The summed E-state index contributed by atoms with van der Waals surface area (Å²) in [5.41, 5.74) is 0.661. The van der Waals surface area contributed by atoms with Crippen LogP contribution in [0.1, 0.15) is 16.8 Å². The van der Waals surface area contributed by atoms with E-state index in [9.17, 15) is 4.79 Å². The molecule has 2 aliphatic heterocycles. The van der Waals surface area contributed by atoms with Crippen LogP contribution in [0.25, 0.3) is 0 Å². The molecule has 0 aliphatic carbocycles. The number of carbonyl (C=O) groups is 1. The molecule has 3 heterocycles. The van der Waals surface area contributed by atoms with Gasteiger partial charge in [0, 0.05) is 46.5 Å². The first-order valence-corrected chi connectivity index (χ1v) is 12.5. The zero-order valence-electron chi connectivity index (χ0n) is 16.1. The van der Waals surface area contributed by atoms with Crippen LogP contribution in [0.3, 0.4) is 0 Å². The fourth-order valence-electron chi connectivity index (χ4n) is 3.73. The van der Waals surface area contributed by atoms with E-state index < -0.39 is 0 Å². The van der Waals surface area contributed by atoms with Crippen molar-refractivity contribution < 1.29 is 9.53 Å². The molecular weight excluding hydrogens is 470 g/mol. The molecule has 0 spiro atoms. The maximum Gasteiger partial charge on any atom is 0.254 e. The molecule has 0 saturated carbocycles. The number of pyridine rings is 1. The summed E-state index contributed by atoms with van der Waals surface area (Å²) in [5.74, 6) is 2.15.